The second-order valence-electron chi connectivity index (χ2n) is 6.18. The molecule has 26 heavy (non-hydrogen) atoms. The second-order valence-corrected chi connectivity index (χ2v) is 7.44. The summed E-state index contributed by atoms with van der Waals surface area (Å²) in [5.74, 6) is -0.935. The van der Waals surface area contributed by atoms with Gasteiger partial charge in [0.15, 0.2) is 0 Å². The van der Waals surface area contributed by atoms with E-state index in [1.54, 1.807) is 18.2 Å². The molecule has 1 aliphatic heterocycles. The van der Waals surface area contributed by atoms with E-state index in [1.165, 1.54) is 11.3 Å². The van der Waals surface area contributed by atoms with Crippen molar-refractivity contribution in [3.63, 3.8) is 0 Å². The maximum Gasteiger partial charge on any atom is 0.344 e. The molecule has 2 N–H and O–H groups in total. The Morgan fingerprint density at radius 3 is 2.50 bits per heavy atom. The lowest BCUT2D eigenvalue weighted by Gasteiger charge is -2.25. The molecule has 1 fully saturated rings. The number of nitrogens with one attached hydrogen (secondary N) is 2. The number of amides is 4. The fourth-order valence-electron chi connectivity index (χ4n) is 3.18. The maximum atomic E-state index is 13.0. The average molecular weight is 371 g/mol. The molecule has 7 heteroatoms. The van der Waals surface area contributed by atoms with Crippen LogP contribution in [0.5, 0.6) is 0 Å². The SMILES string of the molecule is CCc1cc(C(=O)NN2C(=O)N[C@@](CC)(c3ccccc3)C2=O)sc1C. The minimum Gasteiger partial charge on any atom is -0.318 e. The van der Waals surface area contributed by atoms with E-state index in [-0.39, 0.29) is 0 Å². The molecule has 0 bridgehead atoms. The van der Waals surface area contributed by atoms with Crippen LogP contribution in [0.15, 0.2) is 36.4 Å². The lowest BCUT2D eigenvalue weighted by molar-refractivity contribution is -0.133. The summed E-state index contributed by atoms with van der Waals surface area (Å²) in [6.07, 6.45) is 1.21. The molecular weight excluding hydrogens is 350 g/mol. The van der Waals surface area contributed by atoms with Crippen molar-refractivity contribution in [3.05, 3.63) is 57.3 Å². The maximum absolute atomic E-state index is 13.0. The summed E-state index contributed by atoms with van der Waals surface area (Å²) >= 11 is 1.35. The average Bonchev–Trinajstić information content (AvgIpc) is 3.15. The van der Waals surface area contributed by atoms with Crippen molar-refractivity contribution in [3.8, 4) is 0 Å². The number of hydrazine groups is 1. The number of urea groups is 1. The third kappa shape index (κ3) is 2.88. The van der Waals surface area contributed by atoms with Crippen LogP contribution in [0, 0.1) is 6.92 Å². The van der Waals surface area contributed by atoms with Gasteiger partial charge in [-0.3, -0.25) is 15.0 Å². The zero-order chi connectivity index (χ0) is 18.9. The van der Waals surface area contributed by atoms with Gasteiger partial charge < -0.3 is 5.32 Å². The van der Waals surface area contributed by atoms with Crippen molar-refractivity contribution in [2.45, 2.75) is 39.2 Å². The molecule has 6 nitrogen and oxygen atoms in total. The molecule has 0 radical (unpaired) electrons. The number of carbonyl (C=O) groups is 3. The van der Waals surface area contributed by atoms with E-state index in [9.17, 15) is 14.4 Å². The summed E-state index contributed by atoms with van der Waals surface area (Å²) in [6.45, 7) is 5.79. The molecule has 2 aromatic rings. The van der Waals surface area contributed by atoms with Crippen molar-refractivity contribution in [2.75, 3.05) is 0 Å². The minimum atomic E-state index is -1.16. The molecule has 1 aromatic heterocycles. The fraction of sp³-hybridized carbons (Fsp3) is 0.316. The highest BCUT2D eigenvalue weighted by Crippen LogP contribution is 2.31. The van der Waals surface area contributed by atoms with E-state index in [2.05, 4.69) is 10.7 Å². The Balaban J connectivity index is 1.86. The van der Waals surface area contributed by atoms with Gasteiger partial charge in [-0.2, -0.15) is 5.01 Å². The third-order valence-electron chi connectivity index (χ3n) is 4.73. The van der Waals surface area contributed by atoms with Crippen LogP contribution in [-0.2, 0) is 16.8 Å². The lowest BCUT2D eigenvalue weighted by Crippen LogP contribution is -2.48. The van der Waals surface area contributed by atoms with Crippen molar-refractivity contribution < 1.29 is 14.4 Å². The molecule has 2 heterocycles. The van der Waals surface area contributed by atoms with Gasteiger partial charge in [-0.15, -0.1) is 11.3 Å². The summed E-state index contributed by atoms with van der Waals surface area (Å²) in [6, 6.07) is 10.2. The van der Waals surface area contributed by atoms with Crippen molar-refractivity contribution in [2.24, 2.45) is 0 Å². The van der Waals surface area contributed by atoms with Crippen LogP contribution >= 0.6 is 11.3 Å². The van der Waals surface area contributed by atoms with Gasteiger partial charge in [-0.1, -0.05) is 44.2 Å². The van der Waals surface area contributed by atoms with Crippen LogP contribution in [-0.4, -0.2) is 22.9 Å². The van der Waals surface area contributed by atoms with Gasteiger partial charge in [0.05, 0.1) is 4.88 Å². The number of thiophene rings is 1. The number of carbonyl (C=O) groups excluding carboxylic acids is 3. The molecule has 1 saturated heterocycles. The zero-order valence-corrected chi connectivity index (χ0v) is 15.8. The Bertz CT molecular complexity index is 862. The summed E-state index contributed by atoms with van der Waals surface area (Å²) < 4.78 is 0. The Hall–Kier alpha value is -2.67. The van der Waals surface area contributed by atoms with E-state index >= 15 is 0 Å². The third-order valence-corrected chi connectivity index (χ3v) is 5.82. The first-order valence-corrected chi connectivity index (χ1v) is 9.37. The lowest BCUT2D eigenvalue weighted by atomic mass is 9.87. The second kappa shape index (κ2) is 6.92. The Morgan fingerprint density at radius 1 is 1.23 bits per heavy atom. The first-order chi connectivity index (χ1) is 12.4. The van der Waals surface area contributed by atoms with E-state index in [0.29, 0.717) is 16.9 Å². The van der Waals surface area contributed by atoms with E-state index in [4.69, 9.17) is 0 Å². The van der Waals surface area contributed by atoms with Gasteiger partial charge in [0.1, 0.15) is 5.54 Å². The highest BCUT2D eigenvalue weighted by Gasteiger charge is 2.52. The zero-order valence-electron chi connectivity index (χ0n) is 15.0. The number of imide groups is 1. The number of rotatable bonds is 5. The predicted octanol–water partition coefficient (Wildman–Crippen LogP) is 3.12. The molecule has 3 rings (SSSR count). The normalized spacial score (nSPS) is 19.6. The van der Waals surface area contributed by atoms with Crippen molar-refractivity contribution >= 4 is 29.2 Å². The van der Waals surface area contributed by atoms with Crippen LogP contribution in [0.2, 0.25) is 0 Å². The van der Waals surface area contributed by atoms with E-state index < -0.39 is 23.4 Å². The van der Waals surface area contributed by atoms with Crippen LogP contribution < -0.4 is 10.7 Å². The number of benzene rings is 1. The molecule has 0 unspecified atom stereocenters. The highest BCUT2D eigenvalue weighted by molar-refractivity contribution is 7.14. The standard InChI is InChI=1S/C19H21N3O3S/c1-4-13-11-15(26-12(13)3)16(23)21-22-17(24)19(5-2,20-18(22)25)14-9-7-6-8-10-14/h6-11H,4-5H2,1-3H3,(H,20,25)(H,21,23)/t19-/m0/s1. The number of hydrogen-bond donors (Lipinski definition) is 2. The summed E-state index contributed by atoms with van der Waals surface area (Å²) in [4.78, 5) is 39.5. The molecule has 1 aliphatic rings. The molecular formula is C19H21N3O3S. The summed E-state index contributed by atoms with van der Waals surface area (Å²) in [5.41, 5.74) is 3.08. The molecule has 1 aromatic carbocycles. The van der Waals surface area contributed by atoms with Crippen molar-refractivity contribution in [1.29, 1.82) is 0 Å². The van der Waals surface area contributed by atoms with Crippen LogP contribution in [0.4, 0.5) is 4.79 Å². The molecule has 4 amide bonds. The summed E-state index contributed by atoms with van der Waals surface area (Å²) in [7, 11) is 0. The van der Waals surface area contributed by atoms with E-state index in [0.717, 1.165) is 21.9 Å². The topological polar surface area (TPSA) is 78.5 Å². The Kier molecular flexibility index (Phi) is 4.82. The van der Waals surface area contributed by atoms with Crippen LogP contribution in [0.1, 0.15) is 45.9 Å². The first kappa shape index (κ1) is 18.1. The number of nitrogens with zero attached hydrogens (tertiary/aromatic N) is 1. The van der Waals surface area contributed by atoms with E-state index in [1.807, 2.05) is 39.0 Å². The molecule has 0 aliphatic carbocycles. The van der Waals surface area contributed by atoms with Gasteiger partial charge in [-0.25, -0.2) is 4.79 Å². The monoisotopic (exact) mass is 371 g/mol. The predicted molar refractivity (Wildman–Crippen MR) is 99.7 cm³/mol. The van der Waals surface area contributed by atoms with Crippen molar-refractivity contribution in [1.82, 2.24) is 15.8 Å². The molecule has 136 valence electrons. The van der Waals surface area contributed by atoms with Gasteiger partial charge in [0.2, 0.25) is 0 Å². The number of aryl methyl sites for hydroxylation is 2. The molecule has 0 saturated carbocycles. The van der Waals surface area contributed by atoms with Gasteiger partial charge in [0.25, 0.3) is 11.8 Å². The van der Waals surface area contributed by atoms with Crippen LogP contribution in [0.25, 0.3) is 0 Å². The van der Waals surface area contributed by atoms with Gasteiger partial charge >= 0.3 is 6.03 Å². The fourth-order valence-corrected chi connectivity index (χ4v) is 4.18. The highest BCUT2D eigenvalue weighted by atomic mass is 32.1. The molecule has 0 spiro atoms. The smallest absolute Gasteiger partial charge is 0.318 e. The quantitative estimate of drug-likeness (QED) is 0.793. The Morgan fingerprint density at radius 2 is 1.92 bits per heavy atom. The largest absolute Gasteiger partial charge is 0.344 e. The number of hydrogen-bond acceptors (Lipinski definition) is 4. The van der Waals surface area contributed by atoms with Gasteiger partial charge in [-0.05, 0) is 37.0 Å². The van der Waals surface area contributed by atoms with Gasteiger partial charge in [0, 0.05) is 4.88 Å². The minimum absolute atomic E-state index is 0.381. The Labute approximate surface area is 156 Å². The summed E-state index contributed by atoms with van der Waals surface area (Å²) in [5, 5.41) is 3.54. The first-order valence-electron chi connectivity index (χ1n) is 8.55. The van der Waals surface area contributed by atoms with Crippen LogP contribution in [0.3, 0.4) is 0 Å². The molecule has 1 atom stereocenters.